The van der Waals surface area contributed by atoms with Crippen LogP contribution in [0.3, 0.4) is 0 Å². The molecule has 2 N–H and O–H groups in total. The minimum absolute atomic E-state index is 0.287. The molecule has 140 valence electrons. The van der Waals surface area contributed by atoms with Gasteiger partial charge in [-0.05, 0) is 37.7 Å². The number of aliphatic imine (C=N–C) groups is 1. The fraction of sp³-hybridized carbons (Fsp3) is 0.650. The molecule has 1 heterocycles. The molecule has 0 saturated carbocycles. The Hall–Kier alpha value is -1.59. The van der Waals surface area contributed by atoms with E-state index in [4.69, 9.17) is 9.47 Å². The Balaban J connectivity index is 1.63. The molecule has 0 amide bonds. The van der Waals surface area contributed by atoms with Gasteiger partial charge in [0.25, 0.3) is 0 Å². The van der Waals surface area contributed by atoms with E-state index in [1.807, 2.05) is 0 Å². The fourth-order valence-electron chi connectivity index (χ4n) is 2.85. The topological polar surface area (TPSA) is 54.9 Å². The lowest BCUT2D eigenvalue weighted by Gasteiger charge is -2.15. The molecule has 0 spiro atoms. The predicted molar refractivity (Wildman–Crippen MR) is 103 cm³/mol. The first-order valence-electron chi connectivity index (χ1n) is 9.56. The number of nitrogens with one attached hydrogen (secondary N) is 2. The van der Waals surface area contributed by atoms with Gasteiger partial charge in [-0.25, -0.2) is 0 Å². The SMILES string of the molecule is CCNC(=NCCCOC1CCOC1)NCCC(C)c1ccccc1. The monoisotopic (exact) mass is 347 g/mol. The van der Waals surface area contributed by atoms with Crippen LogP contribution in [0.4, 0.5) is 0 Å². The lowest BCUT2D eigenvalue weighted by atomic mass is 9.98. The summed E-state index contributed by atoms with van der Waals surface area (Å²) in [4.78, 5) is 4.63. The second-order valence-corrected chi connectivity index (χ2v) is 6.50. The van der Waals surface area contributed by atoms with Crippen molar-refractivity contribution in [3.8, 4) is 0 Å². The molecule has 0 radical (unpaired) electrons. The molecule has 5 nitrogen and oxygen atoms in total. The van der Waals surface area contributed by atoms with Crippen LogP contribution in [0.25, 0.3) is 0 Å². The van der Waals surface area contributed by atoms with E-state index in [2.05, 4.69) is 59.8 Å². The van der Waals surface area contributed by atoms with Crippen LogP contribution in [0.15, 0.2) is 35.3 Å². The lowest BCUT2D eigenvalue weighted by Crippen LogP contribution is -2.38. The van der Waals surface area contributed by atoms with E-state index in [0.717, 1.165) is 64.7 Å². The van der Waals surface area contributed by atoms with Crippen molar-refractivity contribution in [1.82, 2.24) is 10.6 Å². The van der Waals surface area contributed by atoms with Gasteiger partial charge >= 0.3 is 0 Å². The van der Waals surface area contributed by atoms with Gasteiger partial charge in [-0.3, -0.25) is 4.99 Å². The summed E-state index contributed by atoms with van der Waals surface area (Å²) >= 11 is 0. The molecule has 2 unspecified atom stereocenters. The zero-order valence-corrected chi connectivity index (χ0v) is 15.7. The first-order valence-corrected chi connectivity index (χ1v) is 9.56. The van der Waals surface area contributed by atoms with Crippen LogP contribution in [-0.2, 0) is 9.47 Å². The van der Waals surface area contributed by atoms with Gasteiger partial charge in [-0.1, -0.05) is 37.3 Å². The van der Waals surface area contributed by atoms with Gasteiger partial charge in [0.05, 0.1) is 12.7 Å². The summed E-state index contributed by atoms with van der Waals surface area (Å²) < 4.78 is 11.1. The zero-order chi connectivity index (χ0) is 17.7. The molecule has 1 aromatic rings. The molecule has 1 aliphatic heterocycles. The van der Waals surface area contributed by atoms with E-state index >= 15 is 0 Å². The van der Waals surface area contributed by atoms with Gasteiger partial charge in [0.1, 0.15) is 0 Å². The number of benzene rings is 1. The normalized spacial score (nSPS) is 19.0. The van der Waals surface area contributed by atoms with E-state index < -0.39 is 0 Å². The smallest absolute Gasteiger partial charge is 0.191 e. The lowest BCUT2D eigenvalue weighted by molar-refractivity contribution is 0.0424. The van der Waals surface area contributed by atoms with Gasteiger partial charge in [-0.15, -0.1) is 0 Å². The first-order chi connectivity index (χ1) is 12.3. The highest BCUT2D eigenvalue weighted by Crippen LogP contribution is 2.17. The highest BCUT2D eigenvalue weighted by Gasteiger charge is 2.15. The van der Waals surface area contributed by atoms with E-state index in [-0.39, 0.29) is 6.10 Å². The Morgan fingerprint density at radius 3 is 2.88 bits per heavy atom. The maximum atomic E-state index is 5.77. The predicted octanol–water partition coefficient (Wildman–Crippen LogP) is 2.93. The van der Waals surface area contributed by atoms with Crippen molar-refractivity contribution in [2.45, 2.75) is 45.1 Å². The quantitative estimate of drug-likeness (QED) is 0.388. The Bertz CT molecular complexity index is 487. The van der Waals surface area contributed by atoms with Crippen LogP contribution in [0.1, 0.15) is 44.6 Å². The van der Waals surface area contributed by atoms with Crippen LogP contribution in [0.2, 0.25) is 0 Å². The second kappa shape index (κ2) is 11.9. The largest absolute Gasteiger partial charge is 0.379 e. The third-order valence-electron chi connectivity index (χ3n) is 4.40. The molecule has 1 saturated heterocycles. The Morgan fingerprint density at radius 1 is 1.32 bits per heavy atom. The summed E-state index contributed by atoms with van der Waals surface area (Å²) in [6, 6.07) is 10.7. The van der Waals surface area contributed by atoms with Crippen molar-refractivity contribution in [3.05, 3.63) is 35.9 Å². The number of hydrogen-bond donors (Lipinski definition) is 2. The first kappa shape index (κ1) is 19.7. The van der Waals surface area contributed by atoms with Crippen LogP contribution >= 0.6 is 0 Å². The number of hydrogen-bond acceptors (Lipinski definition) is 3. The van der Waals surface area contributed by atoms with Gasteiger partial charge in [0.2, 0.25) is 0 Å². The fourth-order valence-corrected chi connectivity index (χ4v) is 2.85. The maximum absolute atomic E-state index is 5.77. The third-order valence-corrected chi connectivity index (χ3v) is 4.40. The van der Waals surface area contributed by atoms with Crippen molar-refractivity contribution in [1.29, 1.82) is 0 Å². The minimum atomic E-state index is 0.287. The highest BCUT2D eigenvalue weighted by molar-refractivity contribution is 5.79. The van der Waals surface area contributed by atoms with E-state index in [9.17, 15) is 0 Å². The molecule has 2 rings (SSSR count). The van der Waals surface area contributed by atoms with Gasteiger partial charge in [0, 0.05) is 32.8 Å². The molecule has 0 aliphatic carbocycles. The molecule has 25 heavy (non-hydrogen) atoms. The Labute approximate surface area is 152 Å². The van der Waals surface area contributed by atoms with Gasteiger partial charge in [0.15, 0.2) is 5.96 Å². The van der Waals surface area contributed by atoms with Crippen molar-refractivity contribution in [2.24, 2.45) is 4.99 Å². The summed E-state index contributed by atoms with van der Waals surface area (Å²) in [5.41, 5.74) is 1.39. The van der Waals surface area contributed by atoms with Crippen LogP contribution < -0.4 is 10.6 Å². The van der Waals surface area contributed by atoms with Gasteiger partial charge in [-0.2, -0.15) is 0 Å². The Morgan fingerprint density at radius 2 is 2.16 bits per heavy atom. The zero-order valence-electron chi connectivity index (χ0n) is 15.7. The van der Waals surface area contributed by atoms with Gasteiger partial charge < -0.3 is 20.1 Å². The summed E-state index contributed by atoms with van der Waals surface area (Å²) in [6.45, 7) is 9.25. The molecule has 0 bridgehead atoms. The third kappa shape index (κ3) is 7.88. The summed E-state index contributed by atoms with van der Waals surface area (Å²) in [7, 11) is 0. The minimum Gasteiger partial charge on any atom is -0.379 e. The molecular formula is C20H33N3O2. The van der Waals surface area contributed by atoms with Crippen LogP contribution in [-0.4, -0.2) is 51.5 Å². The van der Waals surface area contributed by atoms with Crippen molar-refractivity contribution in [3.63, 3.8) is 0 Å². The molecule has 1 aromatic carbocycles. The van der Waals surface area contributed by atoms with Crippen LogP contribution in [0.5, 0.6) is 0 Å². The van der Waals surface area contributed by atoms with Crippen molar-refractivity contribution in [2.75, 3.05) is 39.5 Å². The van der Waals surface area contributed by atoms with Crippen molar-refractivity contribution >= 4 is 5.96 Å². The average molecular weight is 348 g/mol. The highest BCUT2D eigenvalue weighted by atomic mass is 16.5. The maximum Gasteiger partial charge on any atom is 0.191 e. The molecule has 1 fully saturated rings. The van der Waals surface area contributed by atoms with E-state index in [0.29, 0.717) is 5.92 Å². The van der Waals surface area contributed by atoms with Crippen molar-refractivity contribution < 1.29 is 9.47 Å². The Kier molecular flexibility index (Phi) is 9.37. The van der Waals surface area contributed by atoms with E-state index in [1.54, 1.807) is 0 Å². The summed E-state index contributed by atoms with van der Waals surface area (Å²) in [5, 5.41) is 6.74. The van der Waals surface area contributed by atoms with Crippen LogP contribution in [0, 0.1) is 0 Å². The standard InChI is InChI=1S/C20H33N3O2/c1-3-21-20(22-12-7-14-25-19-11-15-24-16-19)23-13-10-17(2)18-8-5-4-6-9-18/h4-6,8-9,17,19H,3,7,10-16H2,1-2H3,(H2,21,22,23). The number of guanidine groups is 1. The molecular weight excluding hydrogens is 314 g/mol. The van der Waals surface area contributed by atoms with E-state index in [1.165, 1.54) is 5.56 Å². The number of nitrogens with zero attached hydrogens (tertiary/aromatic N) is 1. The number of ether oxygens (including phenoxy) is 2. The second-order valence-electron chi connectivity index (χ2n) is 6.50. The summed E-state index contributed by atoms with van der Waals surface area (Å²) in [5.74, 6) is 1.44. The summed E-state index contributed by atoms with van der Waals surface area (Å²) in [6.07, 6.45) is 3.33. The molecule has 1 aliphatic rings. The average Bonchev–Trinajstić information content (AvgIpc) is 3.15. The molecule has 2 atom stereocenters. The molecule has 0 aromatic heterocycles. The molecule has 5 heteroatoms. The number of rotatable bonds is 10.